The van der Waals surface area contributed by atoms with Crippen LogP contribution in [0.5, 0.6) is 0 Å². The molecule has 0 bridgehead atoms. The van der Waals surface area contributed by atoms with E-state index in [1.54, 1.807) is 11.0 Å². The Hall–Kier alpha value is -1.87. The van der Waals surface area contributed by atoms with Gasteiger partial charge in [0.2, 0.25) is 0 Å². The fourth-order valence-electron chi connectivity index (χ4n) is 2.80. The molecule has 2 aromatic rings. The minimum Gasteiger partial charge on any atom is -0.336 e. The van der Waals surface area contributed by atoms with Gasteiger partial charge in [0, 0.05) is 37.5 Å². The summed E-state index contributed by atoms with van der Waals surface area (Å²) in [5, 5.41) is 15.2. The summed E-state index contributed by atoms with van der Waals surface area (Å²) >= 11 is 12.2. The van der Waals surface area contributed by atoms with Gasteiger partial charge in [0.05, 0.1) is 15.0 Å². The highest BCUT2D eigenvalue weighted by Gasteiger charge is 2.25. The maximum Gasteiger partial charge on any atom is 0.274 e. The first kappa shape index (κ1) is 20.4. The molecule has 0 saturated carbocycles. The summed E-state index contributed by atoms with van der Waals surface area (Å²) in [5.74, 6) is -0.219. The van der Waals surface area contributed by atoms with Gasteiger partial charge < -0.3 is 10.6 Å². The summed E-state index contributed by atoms with van der Waals surface area (Å²) in [7, 11) is 0. The number of hydrogen-bond acceptors (Lipinski definition) is 5. The molecular weight excluding hydrogens is 405 g/mol. The molecule has 2 N–H and O–H groups in total. The predicted molar refractivity (Wildman–Crippen MR) is 101 cm³/mol. The van der Waals surface area contributed by atoms with E-state index in [9.17, 15) is 14.9 Å². The van der Waals surface area contributed by atoms with Crippen LogP contribution >= 0.6 is 35.6 Å². The Morgan fingerprint density at radius 1 is 1.35 bits per heavy atom. The van der Waals surface area contributed by atoms with Crippen molar-refractivity contribution < 1.29 is 9.72 Å². The van der Waals surface area contributed by atoms with Crippen molar-refractivity contribution in [2.75, 3.05) is 13.1 Å². The Kier molecular flexibility index (Phi) is 6.46. The van der Waals surface area contributed by atoms with Gasteiger partial charge in [-0.1, -0.05) is 23.2 Å². The third-order valence-electron chi connectivity index (χ3n) is 3.99. The number of nitrogens with zero attached hydrogens (tertiary/aromatic N) is 4. The van der Waals surface area contributed by atoms with Crippen LogP contribution < -0.4 is 5.73 Å². The van der Waals surface area contributed by atoms with Crippen molar-refractivity contribution in [1.29, 1.82) is 0 Å². The Bertz CT molecular complexity index is 819. The molecular formula is C15H16Cl3N5O3. The topological polar surface area (TPSA) is 107 Å². The highest BCUT2D eigenvalue weighted by molar-refractivity contribution is 6.38. The van der Waals surface area contributed by atoms with Crippen LogP contribution in [0.1, 0.15) is 23.3 Å². The molecule has 1 unspecified atom stereocenters. The maximum absolute atomic E-state index is 12.5. The van der Waals surface area contributed by atoms with E-state index in [2.05, 4.69) is 5.10 Å². The number of piperidine rings is 1. The second kappa shape index (κ2) is 8.22. The molecule has 1 atom stereocenters. The molecule has 2 heterocycles. The predicted octanol–water partition coefficient (Wildman–Crippen LogP) is 3.07. The first-order chi connectivity index (χ1) is 11.9. The summed E-state index contributed by atoms with van der Waals surface area (Å²) in [4.78, 5) is 24.5. The van der Waals surface area contributed by atoms with Gasteiger partial charge in [0.25, 0.3) is 11.6 Å². The van der Waals surface area contributed by atoms with Gasteiger partial charge in [0.15, 0.2) is 5.69 Å². The van der Waals surface area contributed by atoms with E-state index in [4.69, 9.17) is 28.9 Å². The van der Waals surface area contributed by atoms with E-state index >= 15 is 0 Å². The van der Waals surface area contributed by atoms with Crippen LogP contribution in [0.3, 0.4) is 0 Å². The molecule has 1 aliphatic rings. The zero-order valence-corrected chi connectivity index (χ0v) is 15.8. The van der Waals surface area contributed by atoms with Crippen LogP contribution in [0.15, 0.2) is 24.4 Å². The molecule has 8 nitrogen and oxygen atoms in total. The minimum atomic E-state index is -0.584. The van der Waals surface area contributed by atoms with E-state index in [1.807, 2.05) is 0 Å². The Morgan fingerprint density at radius 3 is 2.58 bits per heavy atom. The number of nitro groups is 1. The molecule has 140 valence electrons. The number of carbonyl (C=O) groups is 1. The Balaban J connectivity index is 0.00000243. The molecule has 0 radical (unpaired) electrons. The van der Waals surface area contributed by atoms with Crippen molar-refractivity contribution in [3.63, 3.8) is 0 Å². The molecule has 26 heavy (non-hydrogen) atoms. The van der Waals surface area contributed by atoms with E-state index in [0.29, 0.717) is 13.1 Å². The van der Waals surface area contributed by atoms with Crippen molar-refractivity contribution in [1.82, 2.24) is 14.7 Å². The highest BCUT2D eigenvalue weighted by atomic mass is 35.5. The first-order valence-electron chi connectivity index (χ1n) is 7.61. The maximum atomic E-state index is 12.5. The van der Waals surface area contributed by atoms with Crippen LogP contribution in [0.2, 0.25) is 10.0 Å². The van der Waals surface area contributed by atoms with Crippen LogP contribution in [0.25, 0.3) is 5.69 Å². The van der Waals surface area contributed by atoms with Gasteiger partial charge in [-0.3, -0.25) is 14.9 Å². The fourth-order valence-corrected chi connectivity index (χ4v) is 3.44. The highest BCUT2D eigenvalue weighted by Crippen LogP contribution is 2.33. The number of nitrogens with two attached hydrogens (primary N) is 1. The Labute approximate surface area is 165 Å². The zero-order valence-electron chi connectivity index (χ0n) is 13.5. The van der Waals surface area contributed by atoms with Crippen LogP contribution in [0.4, 0.5) is 5.69 Å². The molecule has 0 aliphatic carbocycles. The summed E-state index contributed by atoms with van der Waals surface area (Å²) in [6.45, 7) is 1.13. The number of aromatic nitrogens is 2. The Morgan fingerprint density at radius 2 is 2.00 bits per heavy atom. The zero-order chi connectivity index (χ0) is 18.1. The van der Waals surface area contributed by atoms with Gasteiger partial charge in [-0.2, -0.15) is 5.10 Å². The largest absolute Gasteiger partial charge is 0.336 e. The summed E-state index contributed by atoms with van der Waals surface area (Å²) < 4.78 is 1.34. The fraction of sp³-hybridized carbons (Fsp3) is 0.333. The van der Waals surface area contributed by atoms with Crippen LogP contribution in [-0.2, 0) is 0 Å². The molecule has 1 fully saturated rings. The van der Waals surface area contributed by atoms with Gasteiger partial charge in [-0.15, -0.1) is 12.4 Å². The summed E-state index contributed by atoms with van der Waals surface area (Å²) in [5.41, 5.74) is 6.20. The molecule has 1 aromatic heterocycles. The van der Waals surface area contributed by atoms with Crippen molar-refractivity contribution in [2.24, 2.45) is 5.73 Å². The van der Waals surface area contributed by atoms with E-state index in [1.165, 1.54) is 23.0 Å². The lowest BCUT2D eigenvalue weighted by atomic mass is 10.1. The molecule has 1 aromatic carbocycles. The normalized spacial score (nSPS) is 16.9. The molecule has 11 heteroatoms. The standard InChI is InChI=1S/C15H15Cl2N5O3.ClH/c16-11-6-10(22(24)25)7-12(17)14(11)21-5-3-13(19-21)15(23)20-4-1-2-9(18)8-20;/h3,5-7,9H,1-2,4,8,18H2;1H. The number of rotatable bonds is 3. The van der Waals surface area contributed by atoms with Crippen molar-refractivity contribution >= 4 is 47.2 Å². The van der Waals surface area contributed by atoms with E-state index < -0.39 is 4.92 Å². The minimum absolute atomic E-state index is 0. The third kappa shape index (κ3) is 4.09. The summed E-state index contributed by atoms with van der Waals surface area (Å²) in [6, 6.07) is 3.90. The number of likely N-dealkylation sites (tertiary alicyclic amines) is 1. The number of hydrogen-bond donors (Lipinski definition) is 1. The molecule has 0 spiro atoms. The van der Waals surface area contributed by atoms with Gasteiger partial charge >= 0.3 is 0 Å². The molecule has 1 saturated heterocycles. The lowest BCUT2D eigenvalue weighted by molar-refractivity contribution is -0.384. The number of amides is 1. The number of nitro benzene ring substituents is 1. The monoisotopic (exact) mass is 419 g/mol. The second-order valence-corrected chi connectivity index (χ2v) is 6.63. The smallest absolute Gasteiger partial charge is 0.274 e. The van der Waals surface area contributed by atoms with Crippen molar-refractivity contribution in [2.45, 2.75) is 18.9 Å². The quantitative estimate of drug-likeness (QED) is 0.606. The van der Waals surface area contributed by atoms with Gasteiger partial charge in [-0.05, 0) is 18.9 Å². The van der Waals surface area contributed by atoms with Gasteiger partial charge in [-0.25, -0.2) is 4.68 Å². The molecule has 1 aliphatic heterocycles. The van der Waals surface area contributed by atoms with Crippen LogP contribution in [0, 0.1) is 10.1 Å². The average Bonchev–Trinajstić information content (AvgIpc) is 3.03. The van der Waals surface area contributed by atoms with Gasteiger partial charge in [0.1, 0.15) is 5.69 Å². The number of carbonyl (C=O) groups excluding carboxylic acids is 1. The van der Waals surface area contributed by atoms with E-state index in [0.717, 1.165) is 12.8 Å². The number of halogens is 3. The molecule has 3 rings (SSSR count). The first-order valence-corrected chi connectivity index (χ1v) is 8.36. The van der Waals surface area contributed by atoms with E-state index in [-0.39, 0.29) is 51.5 Å². The van der Waals surface area contributed by atoms with Crippen molar-refractivity contribution in [3.05, 3.63) is 50.2 Å². The second-order valence-electron chi connectivity index (χ2n) is 5.81. The SMILES string of the molecule is Cl.NC1CCCN(C(=O)c2ccn(-c3c(Cl)cc([N+](=O)[O-])cc3Cl)n2)C1. The van der Waals surface area contributed by atoms with Crippen LogP contribution in [-0.4, -0.2) is 44.6 Å². The molecule has 1 amide bonds. The lowest BCUT2D eigenvalue weighted by Gasteiger charge is -2.30. The number of benzene rings is 1. The van der Waals surface area contributed by atoms with Crippen molar-refractivity contribution in [3.8, 4) is 5.69 Å². The number of non-ortho nitro benzene ring substituents is 1. The average molecular weight is 421 g/mol. The third-order valence-corrected chi connectivity index (χ3v) is 4.57. The summed E-state index contributed by atoms with van der Waals surface area (Å²) in [6.07, 6.45) is 3.29. The lowest BCUT2D eigenvalue weighted by Crippen LogP contribution is -2.45.